The molecule has 1 atom stereocenters. The molecule has 1 saturated heterocycles. The molecule has 0 N–H and O–H groups in total. The Labute approximate surface area is 129 Å². The van der Waals surface area contributed by atoms with Gasteiger partial charge < -0.3 is 4.57 Å². The van der Waals surface area contributed by atoms with Gasteiger partial charge in [-0.3, -0.25) is 0 Å². The fourth-order valence-corrected chi connectivity index (χ4v) is 4.07. The fraction of sp³-hybridized carbons (Fsp3) is 0.500. The maximum atomic E-state index is 12.8. The lowest BCUT2D eigenvalue weighted by Crippen LogP contribution is -2.18. The molecule has 0 amide bonds. The van der Waals surface area contributed by atoms with E-state index in [-0.39, 0.29) is 11.9 Å². The van der Waals surface area contributed by atoms with Crippen LogP contribution in [0.5, 0.6) is 0 Å². The second kappa shape index (κ2) is 5.72. The third-order valence-electron chi connectivity index (χ3n) is 3.71. The van der Waals surface area contributed by atoms with Crippen molar-refractivity contribution in [3.8, 4) is 0 Å². The van der Waals surface area contributed by atoms with Crippen LogP contribution < -0.4 is 0 Å². The van der Waals surface area contributed by atoms with Crippen LogP contribution in [0.25, 0.3) is 11.0 Å². The first kappa shape index (κ1) is 15.0. The van der Waals surface area contributed by atoms with Gasteiger partial charge in [0.15, 0.2) is 0 Å². The highest BCUT2D eigenvalue weighted by atomic mass is 35.5. The average Bonchev–Trinajstić information content (AvgIpc) is 2.84. The molecule has 2 heterocycles. The number of alkyl halides is 4. The molecule has 2 nitrogen and oxygen atoms in total. The largest absolute Gasteiger partial charge is 0.416 e. The van der Waals surface area contributed by atoms with Crippen LogP contribution in [-0.2, 0) is 12.1 Å². The van der Waals surface area contributed by atoms with Crippen LogP contribution in [-0.4, -0.2) is 21.1 Å². The minimum Gasteiger partial charge on any atom is -0.323 e. The predicted octanol–water partition coefficient (Wildman–Crippen LogP) is 4.86. The van der Waals surface area contributed by atoms with Crippen molar-refractivity contribution < 1.29 is 13.2 Å². The van der Waals surface area contributed by atoms with E-state index < -0.39 is 11.7 Å². The smallest absolute Gasteiger partial charge is 0.323 e. The van der Waals surface area contributed by atoms with Gasteiger partial charge in [0.2, 0.25) is 0 Å². The van der Waals surface area contributed by atoms with Crippen molar-refractivity contribution in [3.63, 3.8) is 0 Å². The van der Waals surface area contributed by atoms with E-state index in [4.69, 9.17) is 11.6 Å². The third-order valence-corrected chi connectivity index (χ3v) is 5.15. The van der Waals surface area contributed by atoms with Gasteiger partial charge >= 0.3 is 6.18 Å². The van der Waals surface area contributed by atoms with Gasteiger partial charge in [-0.2, -0.15) is 24.9 Å². The molecule has 7 heteroatoms. The summed E-state index contributed by atoms with van der Waals surface area (Å²) in [5, 5.41) is 0. The number of aromatic nitrogens is 2. The highest BCUT2D eigenvalue weighted by Crippen LogP contribution is 2.35. The molecule has 114 valence electrons. The van der Waals surface area contributed by atoms with Crippen molar-refractivity contribution >= 4 is 34.4 Å². The topological polar surface area (TPSA) is 17.8 Å². The van der Waals surface area contributed by atoms with E-state index in [9.17, 15) is 13.2 Å². The first-order valence-electron chi connectivity index (χ1n) is 6.72. The Balaban J connectivity index is 2.10. The van der Waals surface area contributed by atoms with Crippen molar-refractivity contribution in [3.05, 3.63) is 29.6 Å². The molecule has 2 aromatic rings. The van der Waals surface area contributed by atoms with Crippen molar-refractivity contribution in [2.45, 2.75) is 30.9 Å². The first-order valence-corrected chi connectivity index (χ1v) is 8.41. The van der Waals surface area contributed by atoms with Gasteiger partial charge in [0.05, 0.1) is 22.5 Å². The molecule has 0 radical (unpaired) electrons. The summed E-state index contributed by atoms with van der Waals surface area (Å²) in [5.74, 6) is 2.95. The molecule has 21 heavy (non-hydrogen) atoms. The van der Waals surface area contributed by atoms with Gasteiger partial charge in [-0.1, -0.05) is 0 Å². The van der Waals surface area contributed by atoms with Gasteiger partial charge in [-0.25, -0.2) is 4.98 Å². The molecule has 0 saturated carbocycles. The minimum atomic E-state index is -4.35. The van der Waals surface area contributed by atoms with Crippen LogP contribution in [0.1, 0.15) is 30.3 Å². The van der Waals surface area contributed by atoms with Crippen LogP contribution in [0.3, 0.4) is 0 Å². The van der Waals surface area contributed by atoms with E-state index >= 15 is 0 Å². The van der Waals surface area contributed by atoms with E-state index in [0.29, 0.717) is 11.3 Å². The third kappa shape index (κ3) is 2.88. The van der Waals surface area contributed by atoms with Gasteiger partial charge in [-0.05, 0) is 36.8 Å². The molecule has 1 aliphatic rings. The number of halogens is 4. The van der Waals surface area contributed by atoms with Crippen LogP contribution in [0.15, 0.2) is 18.2 Å². The van der Waals surface area contributed by atoms with Gasteiger partial charge in [-0.15, -0.1) is 11.6 Å². The van der Waals surface area contributed by atoms with Crippen LogP contribution in [0.2, 0.25) is 0 Å². The van der Waals surface area contributed by atoms with Crippen molar-refractivity contribution in [2.24, 2.45) is 0 Å². The molecule has 0 spiro atoms. The molecule has 1 aliphatic heterocycles. The Morgan fingerprint density at radius 3 is 2.81 bits per heavy atom. The van der Waals surface area contributed by atoms with Gasteiger partial charge in [0, 0.05) is 11.8 Å². The predicted molar refractivity (Wildman–Crippen MR) is 79.9 cm³/mol. The number of benzene rings is 1. The summed E-state index contributed by atoms with van der Waals surface area (Å²) in [6.45, 7) is 0. The summed E-state index contributed by atoms with van der Waals surface area (Å²) in [7, 11) is 0. The van der Waals surface area contributed by atoms with E-state index in [0.717, 1.165) is 42.0 Å². The zero-order chi connectivity index (χ0) is 15.0. The maximum absolute atomic E-state index is 12.8. The molecule has 0 bridgehead atoms. The zero-order valence-electron chi connectivity index (χ0n) is 11.2. The quantitative estimate of drug-likeness (QED) is 0.730. The number of imidazole rings is 1. The van der Waals surface area contributed by atoms with E-state index in [2.05, 4.69) is 4.98 Å². The van der Waals surface area contributed by atoms with Crippen LogP contribution in [0, 0.1) is 0 Å². The lowest BCUT2D eigenvalue weighted by molar-refractivity contribution is -0.137. The van der Waals surface area contributed by atoms with Crippen LogP contribution in [0.4, 0.5) is 13.2 Å². The van der Waals surface area contributed by atoms with E-state index in [1.165, 1.54) is 6.07 Å². The summed E-state index contributed by atoms with van der Waals surface area (Å²) >= 11 is 7.80. The normalized spacial score (nSPS) is 20.1. The monoisotopic (exact) mass is 334 g/mol. The molecule has 1 fully saturated rings. The molecular weight excluding hydrogens is 321 g/mol. The van der Waals surface area contributed by atoms with Gasteiger partial charge in [0.25, 0.3) is 0 Å². The van der Waals surface area contributed by atoms with E-state index in [1.54, 1.807) is 0 Å². The Morgan fingerprint density at radius 1 is 1.38 bits per heavy atom. The second-order valence-corrected chi connectivity index (χ2v) is 6.52. The standard InChI is InChI=1S/C14H14ClF3N2S/c15-7-13-19-11-6-9(14(16,17)18)3-4-12(11)20(13)10-2-1-5-21-8-10/h3-4,6,10H,1-2,5,7-8H2. The SMILES string of the molecule is FC(F)(F)c1ccc2c(c1)nc(CCl)n2C1CCCSC1. The highest BCUT2D eigenvalue weighted by Gasteiger charge is 2.31. The van der Waals surface area contributed by atoms with Crippen molar-refractivity contribution in [1.82, 2.24) is 9.55 Å². The number of rotatable bonds is 2. The fourth-order valence-electron chi connectivity index (χ4n) is 2.75. The first-order chi connectivity index (χ1) is 10.0. The Bertz CT molecular complexity index is 647. The Hall–Kier alpha value is -0.880. The molecule has 1 aromatic heterocycles. The molecule has 1 unspecified atom stereocenters. The van der Waals surface area contributed by atoms with Crippen molar-refractivity contribution in [2.75, 3.05) is 11.5 Å². The number of fused-ring (bicyclic) bond motifs is 1. The van der Waals surface area contributed by atoms with Crippen LogP contribution >= 0.6 is 23.4 Å². The van der Waals surface area contributed by atoms with Gasteiger partial charge in [0.1, 0.15) is 5.82 Å². The maximum Gasteiger partial charge on any atom is 0.416 e. The summed E-state index contributed by atoms with van der Waals surface area (Å²) in [6, 6.07) is 4.01. The Kier molecular flexibility index (Phi) is 4.10. The molecule has 0 aliphatic carbocycles. The lowest BCUT2D eigenvalue weighted by Gasteiger charge is -2.25. The zero-order valence-corrected chi connectivity index (χ0v) is 12.7. The summed E-state index contributed by atoms with van der Waals surface area (Å²) in [6.07, 6.45) is -2.22. The van der Waals surface area contributed by atoms with E-state index in [1.807, 2.05) is 16.3 Å². The number of hydrogen-bond donors (Lipinski definition) is 0. The summed E-state index contributed by atoms with van der Waals surface area (Å²) in [5.41, 5.74) is 0.445. The molecular formula is C14H14ClF3N2S. The Morgan fingerprint density at radius 2 is 2.19 bits per heavy atom. The minimum absolute atomic E-state index is 0.206. The molecule has 1 aromatic carbocycles. The highest BCUT2D eigenvalue weighted by molar-refractivity contribution is 7.99. The number of hydrogen-bond acceptors (Lipinski definition) is 2. The summed E-state index contributed by atoms with van der Waals surface area (Å²) < 4.78 is 40.4. The number of nitrogens with zero attached hydrogens (tertiary/aromatic N) is 2. The lowest BCUT2D eigenvalue weighted by atomic mass is 10.1. The summed E-state index contributed by atoms with van der Waals surface area (Å²) in [4.78, 5) is 4.30. The van der Waals surface area contributed by atoms with Crippen molar-refractivity contribution in [1.29, 1.82) is 0 Å². The second-order valence-electron chi connectivity index (χ2n) is 5.10. The number of thioether (sulfide) groups is 1. The molecule has 3 rings (SSSR count). The average molecular weight is 335 g/mol.